The minimum absolute atomic E-state index is 0.0125. The van der Waals surface area contributed by atoms with Crippen molar-refractivity contribution in [3.05, 3.63) is 24.3 Å². The van der Waals surface area contributed by atoms with E-state index in [0.29, 0.717) is 18.4 Å². The quantitative estimate of drug-likeness (QED) is 0.181. The summed E-state index contributed by atoms with van der Waals surface area (Å²) in [6.45, 7) is 20.9. The van der Waals surface area contributed by atoms with Gasteiger partial charge in [-0.25, -0.2) is 0 Å². The molecule has 1 rings (SSSR count). The van der Waals surface area contributed by atoms with Gasteiger partial charge in [0.2, 0.25) is 0 Å². The van der Waals surface area contributed by atoms with Gasteiger partial charge in [0.25, 0.3) is 0 Å². The second-order valence-electron chi connectivity index (χ2n) is 11.5. The minimum atomic E-state index is -1.75. The van der Waals surface area contributed by atoms with E-state index in [1.807, 2.05) is 7.11 Å². The second kappa shape index (κ2) is 14.9. The van der Waals surface area contributed by atoms with Crippen molar-refractivity contribution in [3.8, 4) is 0 Å². The van der Waals surface area contributed by atoms with Crippen LogP contribution in [0.5, 0.6) is 0 Å². The zero-order chi connectivity index (χ0) is 26.0. The summed E-state index contributed by atoms with van der Waals surface area (Å²) in [5.74, 6) is 3.28. The third-order valence-corrected chi connectivity index (χ3v) is 16.2. The third-order valence-electron chi connectivity index (χ3n) is 7.93. The molecule has 1 unspecified atom stereocenters. The molecule has 6 heteroatoms. The minimum Gasteiger partial charge on any atom is -0.413 e. The second-order valence-corrected chi connectivity index (χ2v) is 19.4. The molecule has 0 aromatic carbocycles. The van der Waals surface area contributed by atoms with Crippen molar-refractivity contribution < 1.29 is 14.3 Å². The van der Waals surface area contributed by atoms with Gasteiger partial charge in [-0.15, -0.1) is 23.5 Å². The zero-order valence-electron chi connectivity index (χ0n) is 23.7. The van der Waals surface area contributed by atoms with E-state index in [4.69, 9.17) is 9.16 Å². The van der Waals surface area contributed by atoms with Crippen LogP contribution in [-0.2, 0) is 9.16 Å². The van der Waals surface area contributed by atoms with E-state index in [1.165, 1.54) is 6.42 Å². The predicted molar refractivity (Wildman–Crippen MR) is 158 cm³/mol. The molecule has 34 heavy (non-hydrogen) atoms. The number of methoxy groups -OCH3 is 1. The Morgan fingerprint density at radius 1 is 1.12 bits per heavy atom. The fourth-order valence-electron chi connectivity index (χ4n) is 4.50. The summed E-state index contributed by atoms with van der Waals surface area (Å²) in [6.07, 6.45) is 12.5. The Morgan fingerprint density at radius 2 is 1.74 bits per heavy atom. The number of hydrogen-bond acceptors (Lipinski definition) is 5. The maximum atomic E-state index is 11.4. The number of ether oxygens (including phenoxy) is 1. The van der Waals surface area contributed by atoms with Crippen LogP contribution in [-0.4, -0.2) is 54.9 Å². The number of allylic oxidation sites excluding steroid dienone is 2. The number of rotatable bonds is 14. The van der Waals surface area contributed by atoms with E-state index in [2.05, 4.69) is 109 Å². The molecular formula is C28H54O3S2Si. The van der Waals surface area contributed by atoms with Gasteiger partial charge < -0.3 is 14.3 Å². The fourth-order valence-corrected chi connectivity index (χ4v) is 9.11. The third kappa shape index (κ3) is 9.30. The highest BCUT2D eigenvalue weighted by Gasteiger charge is 2.46. The number of aliphatic hydroxyl groups excluding tert-OH is 1. The van der Waals surface area contributed by atoms with E-state index in [0.717, 1.165) is 30.8 Å². The molecule has 0 radical (unpaired) electrons. The average Bonchev–Trinajstić information content (AvgIpc) is 2.77. The molecule has 0 aliphatic carbocycles. The normalized spacial score (nSPS) is 22.1. The maximum Gasteiger partial charge on any atom is 0.192 e. The summed E-state index contributed by atoms with van der Waals surface area (Å²) in [7, 11) is 0.104. The van der Waals surface area contributed by atoms with Crippen molar-refractivity contribution in [2.24, 2.45) is 17.8 Å². The van der Waals surface area contributed by atoms with Crippen molar-refractivity contribution in [1.82, 2.24) is 0 Å². The monoisotopic (exact) mass is 530 g/mol. The lowest BCUT2D eigenvalue weighted by molar-refractivity contribution is 0.00656. The van der Waals surface area contributed by atoms with Crippen LogP contribution in [0.2, 0.25) is 18.1 Å². The summed E-state index contributed by atoms with van der Waals surface area (Å²) in [6, 6.07) is 0. The van der Waals surface area contributed by atoms with Gasteiger partial charge in [0.05, 0.1) is 22.9 Å². The Labute approximate surface area is 221 Å². The summed E-state index contributed by atoms with van der Waals surface area (Å²) >= 11 is 4.11. The molecular weight excluding hydrogens is 477 g/mol. The first kappa shape index (κ1) is 32.3. The van der Waals surface area contributed by atoms with E-state index >= 15 is 0 Å². The highest BCUT2D eigenvalue weighted by atomic mass is 32.2. The molecule has 5 atom stereocenters. The van der Waals surface area contributed by atoms with E-state index in [9.17, 15) is 5.11 Å². The Morgan fingerprint density at radius 3 is 2.24 bits per heavy atom. The molecule has 0 aromatic heterocycles. The van der Waals surface area contributed by atoms with E-state index in [-0.39, 0.29) is 27.2 Å². The summed E-state index contributed by atoms with van der Waals surface area (Å²) < 4.78 is 12.4. The number of thioether (sulfide) groups is 2. The van der Waals surface area contributed by atoms with Crippen molar-refractivity contribution in [3.63, 3.8) is 0 Å². The van der Waals surface area contributed by atoms with Crippen LogP contribution in [0.15, 0.2) is 24.3 Å². The van der Waals surface area contributed by atoms with Crippen LogP contribution in [0.25, 0.3) is 0 Å². The Hall–Kier alpha value is 0.277. The standard InChI is InChI=1S/C28H54O3S2Si/c1-11-13-16-22(3)26(30-8)23(4)28(32-19-15-20-33-28)21-25(29)24(12-2)17-14-18-31-34(9,10)27(5,6)7/h11,13-14,17,22-26,29H,12,15-16,18-21H2,1-10H3/b13-11+,17-14-/t22-,23+,24?,25+,26+/m0/s1. The molecule has 200 valence electrons. The van der Waals surface area contributed by atoms with Crippen molar-refractivity contribution in [2.75, 3.05) is 25.2 Å². The van der Waals surface area contributed by atoms with Crippen LogP contribution in [0, 0.1) is 17.8 Å². The van der Waals surface area contributed by atoms with Gasteiger partial charge in [-0.1, -0.05) is 65.8 Å². The highest BCUT2D eigenvalue weighted by molar-refractivity contribution is 8.18. The fraction of sp³-hybridized carbons (Fsp3) is 0.857. The van der Waals surface area contributed by atoms with Gasteiger partial charge >= 0.3 is 0 Å². The van der Waals surface area contributed by atoms with E-state index < -0.39 is 8.32 Å². The number of aliphatic hydroxyl groups is 1. The lowest BCUT2D eigenvalue weighted by Crippen LogP contribution is -2.45. The topological polar surface area (TPSA) is 38.7 Å². The molecule has 0 amide bonds. The van der Waals surface area contributed by atoms with Crippen LogP contribution in [0.3, 0.4) is 0 Å². The summed E-state index contributed by atoms with van der Waals surface area (Å²) in [5.41, 5.74) is 0. The van der Waals surface area contributed by atoms with Gasteiger partial charge in [-0.3, -0.25) is 0 Å². The molecule has 0 spiro atoms. The molecule has 3 nitrogen and oxygen atoms in total. The van der Waals surface area contributed by atoms with Gasteiger partial charge in [-0.2, -0.15) is 0 Å². The van der Waals surface area contributed by atoms with Crippen LogP contribution < -0.4 is 0 Å². The van der Waals surface area contributed by atoms with Crippen molar-refractivity contribution in [1.29, 1.82) is 0 Å². The maximum absolute atomic E-state index is 11.4. The van der Waals surface area contributed by atoms with Gasteiger partial charge in [0, 0.05) is 18.9 Å². The molecule has 1 aliphatic heterocycles. The first-order valence-corrected chi connectivity index (χ1v) is 18.1. The molecule has 1 saturated heterocycles. The smallest absolute Gasteiger partial charge is 0.192 e. The Balaban J connectivity index is 2.94. The van der Waals surface area contributed by atoms with Gasteiger partial charge in [-0.05, 0) is 68.2 Å². The highest BCUT2D eigenvalue weighted by Crippen LogP contribution is 2.53. The lowest BCUT2D eigenvalue weighted by Gasteiger charge is -2.46. The Bertz CT molecular complexity index is 624. The Kier molecular flexibility index (Phi) is 14.1. The molecule has 0 bridgehead atoms. The van der Waals surface area contributed by atoms with Gasteiger partial charge in [0.1, 0.15) is 0 Å². The number of hydrogen-bond donors (Lipinski definition) is 1. The predicted octanol–water partition coefficient (Wildman–Crippen LogP) is 8.16. The van der Waals surface area contributed by atoms with Crippen molar-refractivity contribution in [2.45, 2.75) is 109 Å². The first-order chi connectivity index (χ1) is 15.8. The van der Waals surface area contributed by atoms with Crippen LogP contribution in [0.4, 0.5) is 0 Å². The van der Waals surface area contributed by atoms with Gasteiger partial charge in [0.15, 0.2) is 8.32 Å². The molecule has 0 saturated carbocycles. The molecule has 1 fully saturated rings. The lowest BCUT2D eigenvalue weighted by atomic mass is 9.84. The zero-order valence-corrected chi connectivity index (χ0v) is 26.4. The average molecular weight is 531 g/mol. The van der Waals surface area contributed by atoms with Crippen LogP contribution in [0.1, 0.15) is 74.1 Å². The molecule has 1 aliphatic rings. The van der Waals surface area contributed by atoms with Crippen molar-refractivity contribution >= 4 is 31.8 Å². The summed E-state index contributed by atoms with van der Waals surface area (Å²) in [4.78, 5) is 0. The SMILES string of the molecule is C/C=C/C[C@H](C)[C@@H](OC)[C@@H](C)C1(C[C@@H](O)C(/C=C\CO[Si](C)(C)C(C)(C)C)CC)SCCCS1. The van der Waals surface area contributed by atoms with Crippen LogP contribution >= 0.6 is 23.5 Å². The molecule has 1 heterocycles. The molecule has 1 N–H and O–H groups in total. The largest absolute Gasteiger partial charge is 0.413 e. The first-order valence-electron chi connectivity index (χ1n) is 13.3. The molecule has 0 aromatic rings. The van der Waals surface area contributed by atoms with E-state index in [1.54, 1.807) is 0 Å². The summed E-state index contributed by atoms with van der Waals surface area (Å²) in [5, 5.41) is 11.6.